The Balaban J connectivity index is 1.52. The quantitative estimate of drug-likeness (QED) is 0.633. The van der Waals surface area contributed by atoms with Crippen LogP contribution in [0.15, 0.2) is 48.5 Å². The van der Waals surface area contributed by atoms with Crippen molar-refractivity contribution in [1.82, 2.24) is 15.2 Å². The monoisotopic (exact) mass is 414 g/mol. The molecule has 3 N–H and O–H groups in total. The fourth-order valence-corrected chi connectivity index (χ4v) is 4.27. The highest BCUT2D eigenvalue weighted by atomic mass is 16.2. The first-order valence-electron chi connectivity index (χ1n) is 9.90. The molecule has 31 heavy (non-hydrogen) atoms. The van der Waals surface area contributed by atoms with Gasteiger partial charge in [0, 0.05) is 29.5 Å². The van der Waals surface area contributed by atoms with Gasteiger partial charge in [0.25, 0.3) is 11.8 Å². The van der Waals surface area contributed by atoms with Crippen molar-refractivity contribution in [3.8, 4) is 11.3 Å². The van der Waals surface area contributed by atoms with Crippen molar-refractivity contribution in [2.24, 2.45) is 5.73 Å². The molecule has 2 aliphatic heterocycles. The number of nitrogens with two attached hydrogens (primary N) is 1. The van der Waals surface area contributed by atoms with E-state index in [1.54, 1.807) is 18.2 Å². The van der Waals surface area contributed by atoms with Gasteiger partial charge in [-0.15, -0.1) is 0 Å². The molecule has 0 bridgehead atoms. The van der Waals surface area contributed by atoms with Crippen LogP contribution in [-0.4, -0.2) is 39.6 Å². The fourth-order valence-electron chi connectivity index (χ4n) is 4.27. The lowest BCUT2D eigenvalue weighted by Gasteiger charge is -2.29. The van der Waals surface area contributed by atoms with Crippen LogP contribution in [0.5, 0.6) is 0 Å². The Morgan fingerprint density at radius 2 is 1.90 bits per heavy atom. The van der Waals surface area contributed by atoms with E-state index in [-0.39, 0.29) is 30.5 Å². The molecule has 2 aromatic carbocycles. The van der Waals surface area contributed by atoms with E-state index in [9.17, 15) is 19.2 Å². The molecular formula is C23H18N4O4. The number of hydrogen-bond acceptors (Lipinski definition) is 5. The van der Waals surface area contributed by atoms with Crippen LogP contribution in [0.25, 0.3) is 22.0 Å². The van der Waals surface area contributed by atoms with Crippen molar-refractivity contribution in [3.05, 3.63) is 65.4 Å². The highest BCUT2D eigenvalue weighted by Gasteiger charge is 2.39. The first-order valence-corrected chi connectivity index (χ1v) is 9.90. The third kappa shape index (κ3) is 3.13. The molecule has 0 saturated carbocycles. The number of carbonyl (C=O) groups excluding carboxylic acids is 4. The number of nitrogens with zero attached hydrogens (tertiary/aromatic N) is 2. The maximum atomic E-state index is 12.9. The first-order chi connectivity index (χ1) is 14.9. The zero-order valence-electron chi connectivity index (χ0n) is 16.4. The van der Waals surface area contributed by atoms with E-state index >= 15 is 0 Å². The largest absolute Gasteiger partial charge is 0.364 e. The number of fused-ring (bicyclic) bond motifs is 2. The van der Waals surface area contributed by atoms with E-state index in [1.807, 2.05) is 30.3 Å². The summed E-state index contributed by atoms with van der Waals surface area (Å²) >= 11 is 0. The van der Waals surface area contributed by atoms with Gasteiger partial charge in [0.2, 0.25) is 11.8 Å². The summed E-state index contributed by atoms with van der Waals surface area (Å²) in [5.74, 6) is -1.61. The van der Waals surface area contributed by atoms with E-state index in [1.165, 1.54) is 4.90 Å². The molecule has 8 nitrogen and oxygen atoms in total. The minimum absolute atomic E-state index is 0.190. The molecule has 1 aromatic heterocycles. The second-order valence-electron chi connectivity index (χ2n) is 7.71. The third-order valence-corrected chi connectivity index (χ3v) is 5.79. The van der Waals surface area contributed by atoms with Gasteiger partial charge in [0.15, 0.2) is 0 Å². The van der Waals surface area contributed by atoms with Crippen LogP contribution in [0.3, 0.4) is 0 Å². The molecule has 5 rings (SSSR count). The number of carbonyl (C=O) groups is 4. The number of nitrogens with one attached hydrogen (secondary N) is 1. The second kappa shape index (κ2) is 7.02. The number of rotatable bonds is 3. The van der Waals surface area contributed by atoms with E-state index in [0.29, 0.717) is 23.1 Å². The summed E-state index contributed by atoms with van der Waals surface area (Å²) in [5, 5.41) is 3.81. The van der Waals surface area contributed by atoms with Crippen molar-refractivity contribution in [2.75, 3.05) is 0 Å². The Morgan fingerprint density at radius 1 is 1.10 bits per heavy atom. The van der Waals surface area contributed by atoms with Gasteiger partial charge in [-0.25, -0.2) is 4.98 Å². The number of imide groups is 1. The second-order valence-corrected chi connectivity index (χ2v) is 7.71. The molecule has 1 fully saturated rings. The van der Waals surface area contributed by atoms with Gasteiger partial charge >= 0.3 is 0 Å². The Kier molecular flexibility index (Phi) is 4.28. The van der Waals surface area contributed by atoms with Gasteiger partial charge < -0.3 is 10.6 Å². The SMILES string of the molecule is NC(=O)c1nc(-c2ccc3c(c2)CN(C2CCC(=O)NC2=O)C3=O)cc2ccccc12. The number of amides is 4. The third-order valence-electron chi connectivity index (χ3n) is 5.79. The predicted molar refractivity (Wildman–Crippen MR) is 112 cm³/mol. The Hall–Kier alpha value is -4.07. The van der Waals surface area contributed by atoms with Crippen LogP contribution < -0.4 is 11.1 Å². The van der Waals surface area contributed by atoms with E-state index in [4.69, 9.17) is 5.73 Å². The smallest absolute Gasteiger partial charge is 0.267 e. The number of primary amides is 1. The molecule has 1 saturated heterocycles. The molecule has 8 heteroatoms. The van der Waals surface area contributed by atoms with Gasteiger partial charge in [-0.3, -0.25) is 24.5 Å². The van der Waals surface area contributed by atoms with Gasteiger partial charge in [-0.05, 0) is 35.6 Å². The topological polar surface area (TPSA) is 122 Å². The van der Waals surface area contributed by atoms with Gasteiger partial charge in [-0.2, -0.15) is 0 Å². The Labute approximate surface area is 177 Å². The summed E-state index contributed by atoms with van der Waals surface area (Å²) in [6.45, 7) is 0.268. The number of hydrogen-bond donors (Lipinski definition) is 2. The molecule has 154 valence electrons. The molecular weight excluding hydrogens is 396 g/mol. The predicted octanol–water partition coefficient (Wildman–Crippen LogP) is 1.76. The summed E-state index contributed by atoms with van der Waals surface area (Å²) in [7, 11) is 0. The van der Waals surface area contributed by atoms with Gasteiger partial charge in [-0.1, -0.05) is 30.3 Å². The normalized spacial score (nSPS) is 18.3. The summed E-state index contributed by atoms with van der Waals surface area (Å²) < 4.78 is 0. The Morgan fingerprint density at radius 3 is 2.68 bits per heavy atom. The maximum absolute atomic E-state index is 12.9. The molecule has 1 atom stereocenters. The lowest BCUT2D eigenvalue weighted by molar-refractivity contribution is -0.136. The lowest BCUT2D eigenvalue weighted by Crippen LogP contribution is -2.52. The van der Waals surface area contributed by atoms with Crippen LogP contribution in [0.2, 0.25) is 0 Å². The minimum atomic E-state index is -0.665. The summed E-state index contributed by atoms with van der Waals surface area (Å²) in [6.07, 6.45) is 0.518. The zero-order chi connectivity index (χ0) is 21.7. The molecule has 3 aromatic rings. The van der Waals surface area contributed by atoms with Crippen LogP contribution in [0.4, 0.5) is 0 Å². The lowest BCUT2D eigenvalue weighted by atomic mass is 10.0. The van der Waals surface area contributed by atoms with Crippen LogP contribution in [-0.2, 0) is 16.1 Å². The summed E-state index contributed by atoms with van der Waals surface area (Å²) in [4.78, 5) is 54.4. The van der Waals surface area contributed by atoms with Crippen molar-refractivity contribution < 1.29 is 19.2 Å². The molecule has 3 heterocycles. The highest BCUT2D eigenvalue weighted by Crippen LogP contribution is 2.32. The minimum Gasteiger partial charge on any atom is -0.364 e. The molecule has 0 spiro atoms. The first kappa shape index (κ1) is 18.9. The van der Waals surface area contributed by atoms with Crippen molar-refractivity contribution in [2.45, 2.75) is 25.4 Å². The summed E-state index contributed by atoms with van der Waals surface area (Å²) in [6, 6.07) is 13.9. The number of piperidine rings is 1. The van der Waals surface area contributed by atoms with E-state index in [2.05, 4.69) is 10.3 Å². The van der Waals surface area contributed by atoms with E-state index < -0.39 is 17.9 Å². The Bertz CT molecular complexity index is 1300. The average Bonchev–Trinajstić information content (AvgIpc) is 3.08. The number of aromatic nitrogens is 1. The molecule has 0 radical (unpaired) electrons. The summed E-state index contributed by atoms with van der Waals surface area (Å²) in [5.41, 5.74) is 8.33. The van der Waals surface area contributed by atoms with Gasteiger partial charge in [0.1, 0.15) is 11.7 Å². The number of pyridine rings is 1. The van der Waals surface area contributed by atoms with E-state index in [0.717, 1.165) is 16.5 Å². The van der Waals surface area contributed by atoms with Crippen molar-refractivity contribution in [1.29, 1.82) is 0 Å². The maximum Gasteiger partial charge on any atom is 0.267 e. The zero-order valence-corrected chi connectivity index (χ0v) is 16.4. The van der Waals surface area contributed by atoms with Crippen LogP contribution in [0, 0.1) is 0 Å². The van der Waals surface area contributed by atoms with Crippen molar-refractivity contribution >= 4 is 34.4 Å². The highest BCUT2D eigenvalue weighted by molar-refractivity contribution is 6.07. The van der Waals surface area contributed by atoms with Crippen LogP contribution >= 0.6 is 0 Å². The van der Waals surface area contributed by atoms with Gasteiger partial charge in [0.05, 0.1) is 5.69 Å². The average molecular weight is 414 g/mol. The standard InChI is InChI=1S/C23H18N4O4/c24-21(29)20-15-4-2-1-3-12(15)10-17(25-20)13-5-6-16-14(9-13)11-27(23(16)31)18-7-8-19(28)26-22(18)30/h1-6,9-10,18H,7-8,11H2,(H2,24,29)(H,26,28,30). The molecule has 4 amide bonds. The molecule has 0 aliphatic carbocycles. The fraction of sp³-hybridized carbons (Fsp3) is 0.174. The number of benzene rings is 2. The van der Waals surface area contributed by atoms with Crippen molar-refractivity contribution in [3.63, 3.8) is 0 Å². The van der Waals surface area contributed by atoms with Crippen LogP contribution in [0.1, 0.15) is 39.3 Å². The molecule has 2 aliphatic rings. The molecule has 1 unspecified atom stereocenters.